The van der Waals surface area contributed by atoms with Gasteiger partial charge in [0.2, 0.25) is 0 Å². The van der Waals surface area contributed by atoms with Crippen molar-refractivity contribution in [3.05, 3.63) is 38.9 Å². The third kappa shape index (κ3) is 4.18. The molecular weight excluding hydrogens is 276 g/mol. The second-order valence-corrected chi connectivity index (χ2v) is 5.82. The van der Waals surface area contributed by atoms with Crippen LogP contribution in [0.15, 0.2) is 18.2 Å². The first-order valence-corrected chi connectivity index (χ1v) is 7.71. The Hall–Kier alpha value is -1.13. The summed E-state index contributed by atoms with van der Waals surface area (Å²) in [7, 11) is 0. The molecule has 1 aromatic carbocycles. The molecule has 0 aliphatic heterocycles. The van der Waals surface area contributed by atoms with Gasteiger partial charge in [-0.05, 0) is 18.9 Å². The lowest BCUT2D eigenvalue weighted by molar-refractivity contribution is -0.385. The minimum atomic E-state index is -0.360. The summed E-state index contributed by atoms with van der Waals surface area (Å²) < 4.78 is 0. The summed E-state index contributed by atoms with van der Waals surface area (Å²) >= 11 is 6.11. The molecule has 1 aromatic rings. The topological polar surface area (TPSA) is 55.2 Å². The second-order valence-electron chi connectivity index (χ2n) is 5.42. The smallest absolute Gasteiger partial charge is 0.275 e. The highest BCUT2D eigenvalue weighted by Crippen LogP contribution is 2.26. The minimum Gasteiger partial charge on any atom is -0.310 e. The SMILES string of the molecule is O=[N+]([O-])c1cccc(Cl)c1CNC1CCCCCCC1. The van der Waals surface area contributed by atoms with Crippen LogP contribution in [0.3, 0.4) is 0 Å². The molecule has 20 heavy (non-hydrogen) atoms. The van der Waals surface area contributed by atoms with Crippen molar-refractivity contribution in [2.75, 3.05) is 0 Å². The lowest BCUT2D eigenvalue weighted by atomic mass is 9.96. The van der Waals surface area contributed by atoms with Crippen molar-refractivity contribution in [3.63, 3.8) is 0 Å². The predicted molar refractivity (Wildman–Crippen MR) is 81.1 cm³/mol. The molecule has 0 unspecified atom stereocenters. The van der Waals surface area contributed by atoms with E-state index >= 15 is 0 Å². The summed E-state index contributed by atoms with van der Waals surface area (Å²) in [5.41, 5.74) is 0.706. The van der Waals surface area contributed by atoms with Gasteiger partial charge in [0.25, 0.3) is 5.69 Å². The Labute approximate surface area is 124 Å². The maximum absolute atomic E-state index is 11.0. The van der Waals surface area contributed by atoms with Gasteiger partial charge in [-0.1, -0.05) is 49.8 Å². The molecule has 110 valence electrons. The van der Waals surface area contributed by atoms with Crippen LogP contribution >= 0.6 is 11.6 Å². The molecule has 1 N–H and O–H groups in total. The van der Waals surface area contributed by atoms with E-state index in [1.807, 2.05) is 0 Å². The lowest BCUT2D eigenvalue weighted by Crippen LogP contribution is -2.29. The zero-order valence-corrected chi connectivity index (χ0v) is 12.4. The number of nitro groups is 1. The summed E-state index contributed by atoms with van der Waals surface area (Å²) in [6.07, 6.45) is 8.71. The zero-order chi connectivity index (χ0) is 14.4. The molecule has 0 atom stereocenters. The number of nitro benzene ring substituents is 1. The van der Waals surface area contributed by atoms with Crippen molar-refractivity contribution < 1.29 is 4.92 Å². The molecule has 1 aliphatic carbocycles. The molecule has 0 heterocycles. The number of rotatable bonds is 4. The third-order valence-electron chi connectivity index (χ3n) is 3.96. The average Bonchev–Trinajstić information content (AvgIpc) is 2.38. The van der Waals surface area contributed by atoms with Gasteiger partial charge < -0.3 is 5.32 Å². The first kappa shape index (κ1) is 15.3. The summed E-state index contributed by atoms with van der Waals surface area (Å²) in [4.78, 5) is 10.7. The summed E-state index contributed by atoms with van der Waals surface area (Å²) in [5, 5.41) is 15.0. The molecule has 1 aliphatic rings. The predicted octanol–water partition coefficient (Wildman–Crippen LogP) is 4.45. The highest BCUT2D eigenvalue weighted by molar-refractivity contribution is 6.31. The molecule has 0 aromatic heterocycles. The van der Waals surface area contributed by atoms with E-state index in [4.69, 9.17) is 11.6 Å². The van der Waals surface area contributed by atoms with E-state index in [9.17, 15) is 10.1 Å². The van der Waals surface area contributed by atoms with Crippen molar-refractivity contribution in [2.24, 2.45) is 0 Å². The molecule has 4 nitrogen and oxygen atoms in total. The first-order valence-electron chi connectivity index (χ1n) is 7.33. The number of nitrogens with zero attached hydrogens (tertiary/aromatic N) is 1. The Bertz CT molecular complexity index is 457. The number of halogens is 1. The molecule has 1 saturated carbocycles. The normalized spacial score (nSPS) is 17.4. The van der Waals surface area contributed by atoms with Gasteiger partial charge in [0, 0.05) is 18.7 Å². The van der Waals surface area contributed by atoms with E-state index in [0.717, 1.165) is 12.8 Å². The molecule has 0 amide bonds. The molecule has 0 radical (unpaired) electrons. The minimum absolute atomic E-state index is 0.107. The van der Waals surface area contributed by atoms with Crippen LogP contribution in [0.5, 0.6) is 0 Å². The van der Waals surface area contributed by atoms with E-state index in [1.165, 1.54) is 38.2 Å². The molecular formula is C15H21ClN2O2. The van der Waals surface area contributed by atoms with Gasteiger partial charge in [-0.25, -0.2) is 0 Å². The van der Waals surface area contributed by atoms with Gasteiger partial charge in [-0.2, -0.15) is 0 Å². The summed E-state index contributed by atoms with van der Waals surface area (Å²) in [5.74, 6) is 0. The first-order chi connectivity index (χ1) is 9.68. The van der Waals surface area contributed by atoms with Crippen LogP contribution in [0.4, 0.5) is 5.69 Å². The third-order valence-corrected chi connectivity index (χ3v) is 4.32. The van der Waals surface area contributed by atoms with Crippen LogP contribution in [0, 0.1) is 10.1 Å². The van der Waals surface area contributed by atoms with E-state index in [2.05, 4.69) is 5.32 Å². The van der Waals surface area contributed by atoms with Gasteiger partial charge in [0.1, 0.15) is 0 Å². The van der Waals surface area contributed by atoms with E-state index in [1.54, 1.807) is 12.1 Å². The van der Waals surface area contributed by atoms with Crippen molar-refractivity contribution >= 4 is 17.3 Å². The second kappa shape index (κ2) is 7.60. The number of hydrogen-bond donors (Lipinski definition) is 1. The van der Waals surface area contributed by atoms with Crippen LogP contribution in [-0.4, -0.2) is 11.0 Å². The maximum Gasteiger partial charge on any atom is 0.275 e. The van der Waals surface area contributed by atoms with Crippen LogP contribution < -0.4 is 5.32 Å². The molecule has 0 bridgehead atoms. The summed E-state index contributed by atoms with van der Waals surface area (Å²) in [6.45, 7) is 0.473. The van der Waals surface area contributed by atoms with Crippen molar-refractivity contribution in [2.45, 2.75) is 57.5 Å². The lowest BCUT2D eigenvalue weighted by Gasteiger charge is -2.21. The number of nitrogens with one attached hydrogen (secondary N) is 1. The van der Waals surface area contributed by atoms with E-state index < -0.39 is 0 Å². The summed E-state index contributed by atoms with van der Waals surface area (Å²) in [6, 6.07) is 5.30. The van der Waals surface area contributed by atoms with Gasteiger partial charge in [0.15, 0.2) is 0 Å². The zero-order valence-electron chi connectivity index (χ0n) is 11.6. The van der Waals surface area contributed by atoms with Gasteiger partial charge in [-0.3, -0.25) is 10.1 Å². The molecule has 2 rings (SSSR count). The Morgan fingerprint density at radius 3 is 2.50 bits per heavy atom. The maximum atomic E-state index is 11.0. The largest absolute Gasteiger partial charge is 0.310 e. The van der Waals surface area contributed by atoms with Crippen LogP contribution in [0.25, 0.3) is 0 Å². The van der Waals surface area contributed by atoms with Gasteiger partial charge >= 0.3 is 0 Å². The van der Waals surface area contributed by atoms with Crippen LogP contribution in [0.1, 0.15) is 50.5 Å². The number of hydrogen-bond acceptors (Lipinski definition) is 3. The van der Waals surface area contributed by atoms with Crippen LogP contribution in [-0.2, 0) is 6.54 Å². The van der Waals surface area contributed by atoms with Gasteiger partial charge in [0.05, 0.1) is 15.5 Å². The fourth-order valence-electron chi connectivity index (χ4n) is 2.80. The van der Waals surface area contributed by atoms with Crippen molar-refractivity contribution in [1.29, 1.82) is 0 Å². The molecule has 0 saturated heterocycles. The number of benzene rings is 1. The van der Waals surface area contributed by atoms with Crippen molar-refractivity contribution in [1.82, 2.24) is 5.32 Å². The molecule has 5 heteroatoms. The Kier molecular flexibility index (Phi) is 5.80. The molecule has 1 fully saturated rings. The fourth-order valence-corrected chi connectivity index (χ4v) is 3.04. The van der Waals surface area contributed by atoms with E-state index in [-0.39, 0.29) is 10.6 Å². The van der Waals surface area contributed by atoms with Gasteiger partial charge in [-0.15, -0.1) is 0 Å². The standard InChI is InChI=1S/C15H21ClN2O2/c16-14-9-6-10-15(18(19)20)13(14)11-17-12-7-4-2-1-3-5-8-12/h6,9-10,12,17H,1-5,7-8,11H2. The Balaban J connectivity index is 2.00. The van der Waals surface area contributed by atoms with Crippen LogP contribution in [0.2, 0.25) is 5.02 Å². The van der Waals surface area contributed by atoms with Crippen molar-refractivity contribution in [3.8, 4) is 0 Å². The Morgan fingerprint density at radius 1 is 1.20 bits per heavy atom. The fraction of sp³-hybridized carbons (Fsp3) is 0.600. The average molecular weight is 297 g/mol. The van der Waals surface area contributed by atoms with E-state index in [0.29, 0.717) is 23.2 Å². The molecule has 0 spiro atoms. The highest BCUT2D eigenvalue weighted by atomic mass is 35.5. The Morgan fingerprint density at radius 2 is 1.85 bits per heavy atom. The monoisotopic (exact) mass is 296 g/mol. The highest BCUT2D eigenvalue weighted by Gasteiger charge is 2.18. The quantitative estimate of drug-likeness (QED) is 0.659.